The molecule has 20 heavy (non-hydrogen) atoms. The number of nitrogens with two attached hydrogens (primary N) is 1. The number of pyridine rings is 1. The fraction of sp³-hybridized carbons (Fsp3) is 0.467. The van der Waals surface area contributed by atoms with E-state index in [0.717, 1.165) is 10.1 Å². The van der Waals surface area contributed by atoms with Gasteiger partial charge >= 0.3 is 0 Å². The number of rotatable bonds is 3. The third-order valence-electron chi connectivity index (χ3n) is 4.20. The first-order chi connectivity index (χ1) is 9.66. The van der Waals surface area contributed by atoms with Gasteiger partial charge in [-0.25, -0.2) is 0 Å². The summed E-state index contributed by atoms with van der Waals surface area (Å²) >= 11 is 1.42. The fourth-order valence-electron chi connectivity index (χ4n) is 2.99. The van der Waals surface area contributed by atoms with Crippen molar-refractivity contribution >= 4 is 33.0 Å². The predicted molar refractivity (Wildman–Crippen MR) is 82.9 cm³/mol. The molecule has 1 atom stereocenters. The van der Waals surface area contributed by atoms with Crippen LogP contribution in [-0.2, 0) is 0 Å². The van der Waals surface area contributed by atoms with Gasteiger partial charge in [0.2, 0.25) is 0 Å². The minimum Gasteiger partial charge on any atom is -0.397 e. The van der Waals surface area contributed by atoms with E-state index in [1.54, 1.807) is 12.4 Å². The van der Waals surface area contributed by atoms with Crippen molar-refractivity contribution in [2.45, 2.75) is 38.6 Å². The monoisotopic (exact) mass is 289 g/mol. The molecule has 0 aromatic carbocycles. The molecule has 0 radical (unpaired) electrons. The molecule has 0 aliphatic heterocycles. The topological polar surface area (TPSA) is 68.0 Å². The summed E-state index contributed by atoms with van der Waals surface area (Å²) in [4.78, 5) is 17.1. The van der Waals surface area contributed by atoms with Crippen LogP contribution in [0.15, 0.2) is 18.5 Å². The Hall–Kier alpha value is -1.62. The van der Waals surface area contributed by atoms with Crippen molar-refractivity contribution < 1.29 is 4.79 Å². The first kappa shape index (κ1) is 13.4. The SMILES string of the molecule is CC(NC(=O)c1sc2cnccc2c1N)C1CCCC1. The number of fused-ring (bicyclic) bond motifs is 1. The van der Waals surface area contributed by atoms with E-state index < -0.39 is 0 Å². The van der Waals surface area contributed by atoms with Gasteiger partial charge in [0.25, 0.3) is 5.91 Å². The Morgan fingerprint density at radius 1 is 1.50 bits per heavy atom. The van der Waals surface area contributed by atoms with Gasteiger partial charge in [0.15, 0.2) is 0 Å². The molecule has 2 aromatic rings. The lowest BCUT2D eigenvalue weighted by Gasteiger charge is -2.20. The molecule has 1 aliphatic rings. The molecule has 0 saturated heterocycles. The van der Waals surface area contributed by atoms with Crippen molar-refractivity contribution in [3.05, 3.63) is 23.3 Å². The molecule has 1 aliphatic carbocycles. The lowest BCUT2D eigenvalue weighted by Crippen LogP contribution is -2.37. The van der Waals surface area contributed by atoms with Gasteiger partial charge in [0.1, 0.15) is 4.88 Å². The zero-order valence-corrected chi connectivity index (χ0v) is 12.4. The van der Waals surface area contributed by atoms with Crippen LogP contribution < -0.4 is 11.1 Å². The summed E-state index contributed by atoms with van der Waals surface area (Å²) in [5, 5.41) is 4.03. The number of thiophene rings is 1. The number of nitrogens with one attached hydrogen (secondary N) is 1. The van der Waals surface area contributed by atoms with E-state index in [2.05, 4.69) is 17.2 Å². The molecule has 1 fully saturated rings. The molecule has 1 amide bonds. The molecule has 0 spiro atoms. The highest BCUT2D eigenvalue weighted by atomic mass is 32.1. The van der Waals surface area contributed by atoms with Gasteiger partial charge in [-0.2, -0.15) is 0 Å². The number of hydrogen-bond donors (Lipinski definition) is 2. The third-order valence-corrected chi connectivity index (χ3v) is 5.36. The van der Waals surface area contributed by atoms with E-state index in [1.807, 2.05) is 6.07 Å². The van der Waals surface area contributed by atoms with Crippen LogP contribution in [0.4, 0.5) is 5.69 Å². The number of aromatic nitrogens is 1. The smallest absolute Gasteiger partial charge is 0.263 e. The molecule has 1 saturated carbocycles. The number of carbonyl (C=O) groups is 1. The zero-order chi connectivity index (χ0) is 14.1. The zero-order valence-electron chi connectivity index (χ0n) is 11.6. The summed E-state index contributed by atoms with van der Waals surface area (Å²) in [6.07, 6.45) is 8.45. The van der Waals surface area contributed by atoms with E-state index in [1.165, 1.54) is 37.0 Å². The van der Waals surface area contributed by atoms with E-state index in [9.17, 15) is 4.79 Å². The normalized spacial score (nSPS) is 17.4. The number of nitrogens with zero attached hydrogens (tertiary/aromatic N) is 1. The maximum atomic E-state index is 12.4. The summed E-state index contributed by atoms with van der Waals surface area (Å²) in [7, 11) is 0. The minimum absolute atomic E-state index is 0.0527. The van der Waals surface area contributed by atoms with Crippen LogP contribution in [0, 0.1) is 5.92 Å². The molecule has 3 rings (SSSR count). The van der Waals surface area contributed by atoms with Crippen LogP contribution in [0.1, 0.15) is 42.3 Å². The average molecular weight is 289 g/mol. The van der Waals surface area contributed by atoms with Gasteiger partial charge in [-0.3, -0.25) is 9.78 Å². The van der Waals surface area contributed by atoms with Crippen LogP contribution in [0.2, 0.25) is 0 Å². The molecular formula is C15H19N3OS. The summed E-state index contributed by atoms with van der Waals surface area (Å²) in [5.41, 5.74) is 6.66. The van der Waals surface area contributed by atoms with E-state index in [4.69, 9.17) is 5.73 Å². The van der Waals surface area contributed by atoms with Crippen LogP contribution >= 0.6 is 11.3 Å². The lowest BCUT2D eigenvalue weighted by molar-refractivity contribution is 0.0932. The number of anilines is 1. The first-order valence-corrected chi connectivity index (χ1v) is 7.91. The van der Waals surface area contributed by atoms with E-state index in [0.29, 0.717) is 16.5 Å². The second-order valence-electron chi connectivity index (χ2n) is 5.52. The average Bonchev–Trinajstić information content (AvgIpc) is 3.07. The molecule has 2 aromatic heterocycles. The van der Waals surface area contributed by atoms with Gasteiger partial charge in [0.05, 0.1) is 10.4 Å². The summed E-state index contributed by atoms with van der Waals surface area (Å²) in [6, 6.07) is 2.07. The molecule has 106 valence electrons. The third kappa shape index (κ3) is 2.38. The van der Waals surface area contributed by atoms with Gasteiger partial charge in [-0.05, 0) is 31.7 Å². The second kappa shape index (κ2) is 5.40. The summed E-state index contributed by atoms with van der Waals surface area (Å²) in [5.74, 6) is 0.555. The highest BCUT2D eigenvalue weighted by Crippen LogP contribution is 2.33. The largest absolute Gasteiger partial charge is 0.397 e. The maximum absolute atomic E-state index is 12.4. The molecule has 4 nitrogen and oxygen atoms in total. The van der Waals surface area contributed by atoms with Crippen LogP contribution in [-0.4, -0.2) is 16.9 Å². The molecule has 2 heterocycles. The second-order valence-corrected chi connectivity index (χ2v) is 6.58. The Kier molecular flexibility index (Phi) is 3.61. The maximum Gasteiger partial charge on any atom is 0.263 e. The summed E-state index contributed by atoms with van der Waals surface area (Å²) in [6.45, 7) is 2.10. The molecule has 0 bridgehead atoms. The first-order valence-electron chi connectivity index (χ1n) is 7.09. The van der Waals surface area contributed by atoms with E-state index >= 15 is 0 Å². The van der Waals surface area contributed by atoms with Gasteiger partial charge in [-0.15, -0.1) is 11.3 Å². The Bertz CT molecular complexity index is 631. The predicted octanol–water partition coefficient (Wildman–Crippen LogP) is 3.19. The van der Waals surface area contributed by atoms with Crippen molar-refractivity contribution in [2.24, 2.45) is 5.92 Å². The number of amides is 1. The van der Waals surface area contributed by atoms with Crippen LogP contribution in [0.3, 0.4) is 0 Å². The Morgan fingerprint density at radius 3 is 2.95 bits per heavy atom. The number of hydrogen-bond acceptors (Lipinski definition) is 4. The van der Waals surface area contributed by atoms with Crippen molar-refractivity contribution in [1.82, 2.24) is 10.3 Å². The highest BCUT2D eigenvalue weighted by Gasteiger charge is 2.24. The van der Waals surface area contributed by atoms with Crippen LogP contribution in [0.25, 0.3) is 10.1 Å². The number of carbonyl (C=O) groups excluding carboxylic acids is 1. The van der Waals surface area contributed by atoms with Crippen molar-refractivity contribution in [2.75, 3.05) is 5.73 Å². The van der Waals surface area contributed by atoms with Crippen molar-refractivity contribution in [3.8, 4) is 0 Å². The Labute approximate surface area is 122 Å². The molecule has 5 heteroatoms. The fourth-order valence-corrected chi connectivity index (χ4v) is 3.98. The van der Waals surface area contributed by atoms with Crippen molar-refractivity contribution in [3.63, 3.8) is 0 Å². The molecule has 1 unspecified atom stereocenters. The molecule has 3 N–H and O–H groups in total. The van der Waals surface area contributed by atoms with E-state index in [-0.39, 0.29) is 11.9 Å². The quantitative estimate of drug-likeness (QED) is 0.911. The standard InChI is InChI=1S/C15H19N3OS/c1-9(10-4-2-3-5-10)18-15(19)14-13(16)11-6-7-17-8-12(11)20-14/h6-10H,2-5,16H2,1H3,(H,18,19). The number of nitrogen functional groups attached to an aromatic ring is 1. The summed E-state index contributed by atoms with van der Waals surface area (Å²) < 4.78 is 0.962. The Morgan fingerprint density at radius 2 is 2.25 bits per heavy atom. The van der Waals surface area contributed by atoms with Crippen LogP contribution in [0.5, 0.6) is 0 Å². The lowest BCUT2D eigenvalue weighted by atomic mass is 10.00. The highest BCUT2D eigenvalue weighted by molar-refractivity contribution is 7.21. The van der Waals surface area contributed by atoms with Gasteiger partial charge < -0.3 is 11.1 Å². The van der Waals surface area contributed by atoms with Gasteiger partial charge in [0, 0.05) is 23.8 Å². The Balaban J connectivity index is 1.80. The van der Waals surface area contributed by atoms with Crippen molar-refractivity contribution in [1.29, 1.82) is 0 Å². The molecular weight excluding hydrogens is 270 g/mol. The van der Waals surface area contributed by atoms with Gasteiger partial charge in [-0.1, -0.05) is 12.8 Å². The minimum atomic E-state index is -0.0527.